The number of amides is 1. The predicted molar refractivity (Wildman–Crippen MR) is 91.2 cm³/mol. The van der Waals surface area contributed by atoms with Gasteiger partial charge in [0.15, 0.2) is 0 Å². The van der Waals surface area contributed by atoms with E-state index in [1.54, 1.807) is 17.4 Å². The summed E-state index contributed by atoms with van der Waals surface area (Å²) >= 11 is 1.56. The molecule has 0 bridgehead atoms. The van der Waals surface area contributed by atoms with E-state index < -0.39 is 0 Å². The first-order valence-electron chi connectivity index (χ1n) is 8.34. The van der Waals surface area contributed by atoms with Crippen LogP contribution in [-0.2, 0) is 12.8 Å². The molecule has 0 saturated heterocycles. The van der Waals surface area contributed by atoms with E-state index in [-0.39, 0.29) is 17.7 Å². The van der Waals surface area contributed by atoms with Gasteiger partial charge in [0, 0.05) is 24.9 Å². The molecule has 0 aromatic carbocycles. The van der Waals surface area contributed by atoms with E-state index in [0.717, 1.165) is 30.6 Å². The molecule has 0 radical (unpaired) electrons. The number of aromatic nitrogens is 3. The van der Waals surface area contributed by atoms with Gasteiger partial charge in [-0.3, -0.25) is 4.79 Å². The molecule has 1 N–H and O–H groups in total. The van der Waals surface area contributed by atoms with E-state index in [9.17, 15) is 4.79 Å². The van der Waals surface area contributed by atoms with Gasteiger partial charge in [-0.25, -0.2) is 0 Å². The molecule has 3 aromatic rings. The van der Waals surface area contributed by atoms with Gasteiger partial charge < -0.3 is 14.3 Å². The van der Waals surface area contributed by atoms with Crippen LogP contribution in [0.5, 0.6) is 0 Å². The van der Waals surface area contributed by atoms with Crippen LogP contribution >= 0.6 is 11.3 Å². The lowest BCUT2D eigenvalue weighted by Crippen LogP contribution is -2.44. The number of aryl methyl sites for hydroxylation is 1. The Kier molecular flexibility index (Phi) is 4.35. The molecule has 0 aliphatic heterocycles. The normalized spacial score (nSPS) is 19.6. The van der Waals surface area contributed by atoms with Gasteiger partial charge in [0.2, 0.25) is 17.5 Å². The molecule has 1 saturated carbocycles. The van der Waals surface area contributed by atoms with Crippen LogP contribution < -0.4 is 5.32 Å². The highest BCUT2D eigenvalue weighted by atomic mass is 32.1. The van der Waals surface area contributed by atoms with Gasteiger partial charge in [0.25, 0.3) is 5.91 Å². The molecular weight excluding hydrogens is 340 g/mol. The van der Waals surface area contributed by atoms with Gasteiger partial charge in [-0.2, -0.15) is 0 Å². The number of carbonyl (C=O) groups is 1. The highest BCUT2D eigenvalue weighted by Gasteiger charge is 2.32. The molecule has 1 fully saturated rings. The van der Waals surface area contributed by atoms with Gasteiger partial charge in [-0.1, -0.05) is 18.1 Å². The SMILES string of the molecule is CCc1nnc(CC2CC(NC(=O)c3cc(-c4cccs4)no3)C2)o1. The van der Waals surface area contributed by atoms with Gasteiger partial charge in [-0.15, -0.1) is 21.5 Å². The van der Waals surface area contributed by atoms with Gasteiger partial charge in [0.1, 0.15) is 5.69 Å². The van der Waals surface area contributed by atoms with E-state index in [1.165, 1.54) is 0 Å². The molecule has 3 heterocycles. The van der Waals surface area contributed by atoms with Crippen LogP contribution in [0.1, 0.15) is 42.1 Å². The summed E-state index contributed by atoms with van der Waals surface area (Å²) < 4.78 is 10.7. The van der Waals surface area contributed by atoms with Gasteiger partial charge in [0.05, 0.1) is 4.88 Å². The number of thiophene rings is 1. The third-order valence-electron chi connectivity index (χ3n) is 4.35. The summed E-state index contributed by atoms with van der Waals surface area (Å²) in [5, 5.41) is 16.9. The Morgan fingerprint density at radius 1 is 1.36 bits per heavy atom. The van der Waals surface area contributed by atoms with Crippen LogP contribution in [0.2, 0.25) is 0 Å². The Balaban J connectivity index is 1.27. The van der Waals surface area contributed by atoms with E-state index in [2.05, 4.69) is 20.7 Å². The number of rotatable bonds is 6. The second-order valence-electron chi connectivity index (χ2n) is 6.21. The van der Waals surface area contributed by atoms with Crippen molar-refractivity contribution >= 4 is 17.2 Å². The highest BCUT2D eigenvalue weighted by Crippen LogP contribution is 2.31. The maximum absolute atomic E-state index is 12.3. The topological polar surface area (TPSA) is 94.1 Å². The van der Waals surface area contributed by atoms with Crippen molar-refractivity contribution in [1.29, 1.82) is 0 Å². The maximum Gasteiger partial charge on any atom is 0.290 e. The first-order valence-corrected chi connectivity index (χ1v) is 9.22. The smallest absolute Gasteiger partial charge is 0.290 e. The summed E-state index contributed by atoms with van der Waals surface area (Å²) in [6.45, 7) is 1.99. The molecule has 25 heavy (non-hydrogen) atoms. The average Bonchev–Trinajstić information content (AvgIpc) is 3.32. The van der Waals surface area contributed by atoms with Crippen molar-refractivity contribution in [2.75, 3.05) is 0 Å². The molecule has 1 amide bonds. The van der Waals surface area contributed by atoms with Gasteiger partial charge >= 0.3 is 0 Å². The Bertz CT molecular complexity index is 849. The van der Waals surface area contributed by atoms with Crippen molar-refractivity contribution in [3.63, 3.8) is 0 Å². The van der Waals surface area contributed by atoms with Crippen molar-refractivity contribution in [1.82, 2.24) is 20.7 Å². The van der Waals surface area contributed by atoms with Crippen molar-refractivity contribution in [2.24, 2.45) is 5.92 Å². The van der Waals surface area contributed by atoms with Crippen molar-refractivity contribution < 1.29 is 13.7 Å². The van der Waals surface area contributed by atoms with E-state index in [1.807, 2.05) is 24.4 Å². The summed E-state index contributed by atoms with van der Waals surface area (Å²) in [7, 11) is 0. The predicted octanol–water partition coefficient (Wildman–Crippen LogP) is 3.10. The zero-order valence-corrected chi connectivity index (χ0v) is 14.6. The molecular formula is C17H18N4O3S. The lowest BCUT2D eigenvalue weighted by molar-refractivity contribution is 0.0850. The van der Waals surface area contributed by atoms with Crippen LogP contribution in [0.25, 0.3) is 10.6 Å². The second kappa shape index (κ2) is 6.79. The third-order valence-corrected chi connectivity index (χ3v) is 5.25. The lowest BCUT2D eigenvalue weighted by Gasteiger charge is -2.34. The van der Waals surface area contributed by atoms with E-state index in [4.69, 9.17) is 8.94 Å². The summed E-state index contributed by atoms with van der Waals surface area (Å²) in [6.07, 6.45) is 3.33. The Hall–Kier alpha value is -2.48. The zero-order chi connectivity index (χ0) is 17.2. The van der Waals surface area contributed by atoms with Crippen LogP contribution in [0.4, 0.5) is 0 Å². The fourth-order valence-electron chi connectivity index (χ4n) is 2.96. The summed E-state index contributed by atoms with van der Waals surface area (Å²) in [5.41, 5.74) is 0.690. The van der Waals surface area contributed by atoms with Crippen molar-refractivity contribution in [3.05, 3.63) is 41.1 Å². The van der Waals surface area contributed by atoms with Crippen molar-refractivity contribution in [2.45, 2.75) is 38.6 Å². The highest BCUT2D eigenvalue weighted by molar-refractivity contribution is 7.13. The van der Waals surface area contributed by atoms with Crippen LogP contribution in [-0.4, -0.2) is 27.3 Å². The zero-order valence-electron chi connectivity index (χ0n) is 13.8. The number of hydrogen-bond acceptors (Lipinski definition) is 7. The molecule has 1 aliphatic rings. The average molecular weight is 358 g/mol. The Morgan fingerprint density at radius 3 is 2.92 bits per heavy atom. The summed E-state index contributed by atoms with van der Waals surface area (Å²) in [4.78, 5) is 13.2. The molecule has 3 aromatic heterocycles. The molecule has 0 unspecified atom stereocenters. The van der Waals surface area contributed by atoms with Crippen LogP contribution in [0, 0.1) is 5.92 Å². The molecule has 4 rings (SSSR count). The fraction of sp³-hybridized carbons (Fsp3) is 0.412. The molecule has 1 aliphatic carbocycles. The minimum Gasteiger partial charge on any atom is -0.425 e. The number of carbonyl (C=O) groups excluding carboxylic acids is 1. The second-order valence-corrected chi connectivity index (χ2v) is 7.16. The minimum absolute atomic E-state index is 0.154. The minimum atomic E-state index is -0.218. The lowest BCUT2D eigenvalue weighted by atomic mass is 9.78. The van der Waals surface area contributed by atoms with E-state index in [0.29, 0.717) is 23.4 Å². The van der Waals surface area contributed by atoms with E-state index >= 15 is 0 Å². The standard InChI is InChI=1S/C17H18N4O3S/c1-2-15-19-20-16(23-15)8-10-6-11(7-10)18-17(22)13-9-12(21-24-13)14-4-3-5-25-14/h3-5,9-11H,2,6-8H2,1H3,(H,18,22). The Morgan fingerprint density at radius 2 is 2.20 bits per heavy atom. The number of nitrogens with zero attached hydrogens (tertiary/aromatic N) is 3. The van der Waals surface area contributed by atoms with Crippen LogP contribution in [0.3, 0.4) is 0 Å². The maximum atomic E-state index is 12.3. The van der Waals surface area contributed by atoms with Crippen LogP contribution in [0.15, 0.2) is 32.5 Å². The summed E-state index contributed by atoms with van der Waals surface area (Å²) in [5.74, 6) is 1.85. The molecule has 130 valence electrons. The number of hydrogen-bond donors (Lipinski definition) is 1. The molecule has 0 spiro atoms. The fourth-order valence-corrected chi connectivity index (χ4v) is 3.64. The first-order chi connectivity index (χ1) is 12.2. The largest absolute Gasteiger partial charge is 0.425 e. The molecule has 7 nitrogen and oxygen atoms in total. The Labute approximate surface area is 148 Å². The first kappa shape index (κ1) is 16.0. The molecule has 0 atom stereocenters. The third kappa shape index (κ3) is 3.48. The quantitative estimate of drug-likeness (QED) is 0.728. The van der Waals surface area contributed by atoms with Crippen molar-refractivity contribution in [3.8, 4) is 10.6 Å². The molecule has 8 heteroatoms. The number of nitrogens with one attached hydrogen (secondary N) is 1. The summed E-state index contributed by atoms with van der Waals surface area (Å²) in [6, 6.07) is 5.72. The van der Waals surface area contributed by atoms with Gasteiger partial charge in [-0.05, 0) is 30.2 Å². The monoisotopic (exact) mass is 358 g/mol.